The molecule has 1 fully saturated rings. The molecule has 5 rings (SSSR count). The van der Waals surface area contributed by atoms with Crippen LogP contribution in [0.4, 0.5) is 14.5 Å². The van der Waals surface area contributed by atoms with Crippen LogP contribution in [-0.4, -0.2) is 64.3 Å². The molecule has 4 aromatic carbocycles. The van der Waals surface area contributed by atoms with Gasteiger partial charge in [-0.15, -0.1) is 0 Å². The highest BCUT2D eigenvalue weighted by Gasteiger charge is 2.48. The molecule has 3 unspecified atom stereocenters. The number of carbonyl (C=O) groups is 4. The molecule has 0 spiro atoms. The molecule has 1 saturated heterocycles. The van der Waals surface area contributed by atoms with Gasteiger partial charge >= 0.3 is 5.97 Å². The lowest BCUT2D eigenvalue weighted by Gasteiger charge is -2.48. The van der Waals surface area contributed by atoms with Crippen LogP contribution >= 0.6 is 0 Å². The number of nitrogens with one attached hydrogen (secondary N) is 2. The van der Waals surface area contributed by atoms with Crippen LogP contribution in [0.2, 0.25) is 0 Å². The molecule has 0 saturated carbocycles. The SMILES string of the molecule is O=C(COc1ccc(C2C(CCC(O)c3ccc(F)cc3)C(=O)N2c2ccc(F)cc2)cc1)N[C@H](Cc1ccccc1)C(=O)N[C@@H](CO)C(=O)O. The molecule has 1 heterocycles. The normalized spacial score (nSPS) is 17.1. The average molecular weight is 702 g/mol. The monoisotopic (exact) mass is 701 g/mol. The number of nitrogens with zero attached hydrogens (tertiary/aromatic N) is 1. The van der Waals surface area contributed by atoms with Gasteiger partial charge in [-0.05, 0) is 78.1 Å². The van der Waals surface area contributed by atoms with E-state index in [1.54, 1.807) is 59.5 Å². The van der Waals surface area contributed by atoms with Gasteiger partial charge < -0.3 is 35.6 Å². The van der Waals surface area contributed by atoms with Crippen LogP contribution < -0.4 is 20.3 Å². The van der Waals surface area contributed by atoms with Crippen LogP contribution in [0.15, 0.2) is 103 Å². The lowest BCUT2D eigenvalue weighted by Crippen LogP contribution is -2.55. The van der Waals surface area contributed by atoms with E-state index in [2.05, 4.69) is 10.6 Å². The molecule has 51 heavy (non-hydrogen) atoms. The second-order valence-corrected chi connectivity index (χ2v) is 12.1. The van der Waals surface area contributed by atoms with Crippen LogP contribution in [-0.2, 0) is 25.6 Å². The number of hydrogen-bond donors (Lipinski definition) is 5. The first-order valence-corrected chi connectivity index (χ1v) is 16.3. The molecule has 1 aliphatic rings. The van der Waals surface area contributed by atoms with Crippen molar-refractivity contribution in [3.8, 4) is 5.75 Å². The topological polar surface area (TPSA) is 165 Å². The molecule has 0 radical (unpaired) electrons. The van der Waals surface area contributed by atoms with E-state index in [1.807, 2.05) is 0 Å². The number of rotatable bonds is 16. The van der Waals surface area contributed by atoms with Crippen molar-refractivity contribution in [3.05, 3.63) is 131 Å². The summed E-state index contributed by atoms with van der Waals surface area (Å²) in [6.07, 6.45) is -0.293. The number of amides is 3. The number of ether oxygens (including phenoxy) is 1. The maximum atomic E-state index is 13.7. The number of carboxylic acids is 1. The Morgan fingerprint density at radius 3 is 2.06 bits per heavy atom. The fourth-order valence-corrected chi connectivity index (χ4v) is 5.95. The van der Waals surface area contributed by atoms with Gasteiger partial charge in [0, 0.05) is 12.1 Å². The van der Waals surface area contributed by atoms with Crippen molar-refractivity contribution in [1.29, 1.82) is 0 Å². The molecule has 4 aromatic rings. The van der Waals surface area contributed by atoms with Gasteiger partial charge in [0.15, 0.2) is 6.61 Å². The molecule has 3 amide bonds. The highest BCUT2D eigenvalue weighted by molar-refractivity contribution is 6.03. The zero-order chi connectivity index (χ0) is 36.5. The van der Waals surface area contributed by atoms with Crippen molar-refractivity contribution in [2.24, 2.45) is 5.92 Å². The van der Waals surface area contributed by atoms with E-state index >= 15 is 0 Å². The summed E-state index contributed by atoms with van der Waals surface area (Å²) >= 11 is 0. The van der Waals surface area contributed by atoms with Gasteiger partial charge in [0.2, 0.25) is 11.8 Å². The number of benzene rings is 4. The Bertz CT molecular complexity index is 1810. The first-order chi connectivity index (χ1) is 24.5. The smallest absolute Gasteiger partial charge is 0.328 e. The van der Waals surface area contributed by atoms with Crippen molar-refractivity contribution in [2.75, 3.05) is 18.1 Å². The third-order valence-corrected chi connectivity index (χ3v) is 8.65. The Morgan fingerprint density at radius 2 is 1.45 bits per heavy atom. The number of carbonyl (C=O) groups excluding carboxylic acids is 3. The number of carboxylic acid groups (broad SMARTS) is 1. The zero-order valence-corrected chi connectivity index (χ0v) is 27.3. The summed E-state index contributed by atoms with van der Waals surface area (Å²) in [5.74, 6) is -4.15. The summed E-state index contributed by atoms with van der Waals surface area (Å²) < 4.78 is 32.7. The highest BCUT2D eigenvalue weighted by atomic mass is 19.1. The van der Waals surface area contributed by atoms with E-state index in [4.69, 9.17) is 4.74 Å². The Labute approximate surface area is 292 Å². The second kappa shape index (κ2) is 16.8. The first kappa shape index (κ1) is 36.6. The highest BCUT2D eigenvalue weighted by Crippen LogP contribution is 2.46. The first-order valence-electron chi connectivity index (χ1n) is 16.3. The standard InChI is InChI=1S/C38H37F2N3O8/c39-26-10-6-24(7-11-26)33(45)19-18-30-35(43(37(30)48)28-14-12-27(40)13-15-28)25-8-16-29(17-9-25)51-22-34(46)41-31(20-23-4-2-1-3-5-23)36(47)42-32(21-44)38(49)50/h1-17,30-33,35,44-45H,18-22H2,(H,41,46)(H,42,47)(H,49,50)/t30?,31-,32+,33?,35?/m1/s1. The van der Waals surface area contributed by atoms with Gasteiger partial charge in [0.05, 0.1) is 24.7 Å². The van der Waals surface area contributed by atoms with Crippen LogP contribution in [0, 0.1) is 17.6 Å². The van der Waals surface area contributed by atoms with Crippen molar-refractivity contribution >= 4 is 29.4 Å². The maximum Gasteiger partial charge on any atom is 0.328 e. The largest absolute Gasteiger partial charge is 0.484 e. The molecule has 0 aromatic heterocycles. The minimum atomic E-state index is -1.55. The van der Waals surface area contributed by atoms with Gasteiger partial charge in [-0.1, -0.05) is 54.6 Å². The molecule has 13 heteroatoms. The van der Waals surface area contributed by atoms with Crippen LogP contribution in [0.5, 0.6) is 5.75 Å². The Hall–Kier alpha value is -5.66. The average Bonchev–Trinajstić information content (AvgIpc) is 3.13. The Morgan fingerprint density at radius 1 is 0.824 bits per heavy atom. The van der Waals surface area contributed by atoms with E-state index in [0.717, 1.165) is 5.56 Å². The summed E-state index contributed by atoms with van der Waals surface area (Å²) in [5.41, 5.74) is 2.47. The lowest BCUT2D eigenvalue weighted by atomic mass is 9.78. The second-order valence-electron chi connectivity index (χ2n) is 12.1. The van der Waals surface area contributed by atoms with Gasteiger partial charge in [0.25, 0.3) is 5.91 Å². The van der Waals surface area contributed by atoms with Crippen molar-refractivity contribution in [3.63, 3.8) is 0 Å². The molecule has 11 nitrogen and oxygen atoms in total. The van der Waals surface area contributed by atoms with Gasteiger partial charge in [-0.2, -0.15) is 0 Å². The molecular weight excluding hydrogens is 664 g/mol. The number of aliphatic hydroxyl groups is 2. The molecule has 5 N–H and O–H groups in total. The summed E-state index contributed by atoms with van der Waals surface area (Å²) in [6, 6.07) is 23.4. The maximum absolute atomic E-state index is 13.7. The van der Waals surface area contributed by atoms with Crippen LogP contribution in [0.25, 0.3) is 0 Å². The number of aliphatic carboxylic acids is 1. The summed E-state index contributed by atoms with van der Waals surface area (Å²) in [7, 11) is 0. The molecule has 1 aliphatic heterocycles. The van der Waals surface area contributed by atoms with Crippen molar-refractivity contribution < 1.29 is 48.0 Å². The quantitative estimate of drug-likeness (QED) is 0.110. The molecule has 5 atom stereocenters. The number of halogens is 2. The fraction of sp³-hybridized carbons (Fsp3) is 0.263. The van der Waals surface area contributed by atoms with E-state index in [-0.39, 0.29) is 18.7 Å². The van der Waals surface area contributed by atoms with Crippen LogP contribution in [0.1, 0.15) is 41.7 Å². The summed E-state index contributed by atoms with van der Waals surface area (Å²) in [5, 5.41) is 34.1. The Kier molecular flexibility index (Phi) is 12.1. The number of anilines is 1. The molecule has 0 bridgehead atoms. The third kappa shape index (κ3) is 9.32. The number of β-lactam (4-membered cyclic amide) rings is 1. The summed E-state index contributed by atoms with van der Waals surface area (Å²) in [4.78, 5) is 52.1. The van der Waals surface area contributed by atoms with Gasteiger partial charge in [0.1, 0.15) is 29.5 Å². The molecular formula is C38H37F2N3O8. The zero-order valence-electron chi connectivity index (χ0n) is 27.3. The predicted octanol–water partition coefficient (Wildman–Crippen LogP) is 3.85. The predicted molar refractivity (Wildman–Crippen MR) is 181 cm³/mol. The fourth-order valence-electron chi connectivity index (χ4n) is 5.95. The number of hydrogen-bond acceptors (Lipinski definition) is 7. The third-order valence-electron chi connectivity index (χ3n) is 8.65. The van der Waals surface area contributed by atoms with Crippen molar-refractivity contribution in [1.82, 2.24) is 10.6 Å². The van der Waals surface area contributed by atoms with Gasteiger partial charge in [-0.3, -0.25) is 14.4 Å². The lowest BCUT2D eigenvalue weighted by molar-refractivity contribution is -0.143. The minimum Gasteiger partial charge on any atom is -0.484 e. The molecule has 266 valence electrons. The molecule has 0 aliphatic carbocycles. The van der Waals surface area contributed by atoms with E-state index < -0.39 is 72.8 Å². The van der Waals surface area contributed by atoms with Crippen molar-refractivity contribution in [2.45, 2.75) is 43.5 Å². The van der Waals surface area contributed by atoms with E-state index in [1.165, 1.54) is 48.5 Å². The van der Waals surface area contributed by atoms with Crippen LogP contribution in [0.3, 0.4) is 0 Å². The van der Waals surface area contributed by atoms with E-state index in [9.17, 15) is 43.3 Å². The summed E-state index contributed by atoms with van der Waals surface area (Å²) in [6.45, 7) is -1.31. The number of aliphatic hydroxyl groups excluding tert-OH is 2. The Balaban J connectivity index is 1.25. The minimum absolute atomic E-state index is 0.0532. The van der Waals surface area contributed by atoms with Gasteiger partial charge in [-0.25, -0.2) is 13.6 Å². The van der Waals surface area contributed by atoms with E-state index in [0.29, 0.717) is 29.0 Å².